The molecule has 2 aromatic rings. The first-order valence-corrected chi connectivity index (χ1v) is 6.52. The molecule has 1 aromatic carbocycles. The molecule has 0 bridgehead atoms. The van der Waals surface area contributed by atoms with Crippen molar-refractivity contribution in [3.8, 4) is 23.1 Å². The first-order chi connectivity index (χ1) is 9.65. The molecule has 0 spiro atoms. The quantitative estimate of drug-likeness (QED) is 0.851. The third-order valence-electron chi connectivity index (χ3n) is 3.14. The van der Waals surface area contributed by atoms with Gasteiger partial charge in [0.05, 0.1) is 18.9 Å². The SMILES string of the molecule is COc1ccc(-c2ccnc(C(C#N)C(C)C)n2)cc1. The second-order valence-corrected chi connectivity index (χ2v) is 4.88. The lowest BCUT2D eigenvalue weighted by atomic mass is 9.96. The second kappa shape index (κ2) is 6.16. The van der Waals surface area contributed by atoms with E-state index >= 15 is 0 Å². The number of aromatic nitrogens is 2. The fraction of sp³-hybridized carbons (Fsp3) is 0.312. The fourth-order valence-electron chi connectivity index (χ4n) is 1.95. The minimum atomic E-state index is -0.284. The van der Waals surface area contributed by atoms with Crippen LogP contribution in [-0.2, 0) is 0 Å². The Labute approximate surface area is 119 Å². The van der Waals surface area contributed by atoms with Gasteiger partial charge in [0.15, 0.2) is 0 Å². The van der Waals surface area contributed by atoms with Crippen molar-refractivity contribution >= 4 is 0 Å². The van der Waals surface area contributed by atoms with Gasteiger partial charge in [0.2, 0.25) is 0 Å². The Balaban J connectivity index is 2.36. The lowest BCUT2D eigenvalue weighted by molar-refractivity contribution is 0.415. The van der Waals surface area contributed by atoms with Crippen LogP contribution in [0.1, 0.15) is 25.6 Å². The van der Waals surface area contributed by atoms with Crippen LogP contribution >= 0.6 is 0 Å². The van der Waals surface area contributed by atoms with E-state index in [9.17, 15) is 5.26 Å². The Bertz CT molecular complexity index is 614. The summed E-state index contributed by atoms with van der Waals surface area (Å²) in [6, 6.07) is 11.8. The van der Waals surface area contributed by atoms with E-state index in [4.69, 9.17) is 4.74 Å². The van der Waals surface area contributed by atoms with E-state index in [0.29, 0.717) is 5.82 Å². The number of ether oxygens (including phenoxy) is 1. The third-order valence-corrected chi connectivity index (χ3v) is 3.14. The largest absolute Gasteiger partial charge is 0.497 e. The van der Waals surface area contributed by atoms with Crippen molar-refractivity contribution in [2.45, 2.75) is 19.8 Å². The maximum absolute atomic E-state index is 9.23. The van der Waals surface area contributed by atoms with Crippen molar-refractivity contribution in [1.82, 2.24) is 9.97 Å². The standard InChI is InChI=1S/C16H17N3O/c1-11(2)14(10-17)16-18-9-8-15(19-16)12-4-6-13(20-3)7-5-12/h4-9,11,14H,1-3H3. The van der Waals surface area contributed by atoms with E-state index < -0.39 is 0 Å². The van der Waals surface area contributed by atoms with Crippen LogP contribution in [0.2, 0.25) is 0 Å². The summed E-state index contributed by atoms with van der Waals surface area (Å²) in [5, 5.41) is 9.23. The number of rotatable bonds is 4. The summed E-state index contributed by atoms with van der Waals surface area (Å²) in [6.07, 6.45) is 1.70. The smallest absolute Gasteiger partial charge is 0.146 e. The van der Waals surface area contributed by atoms with Crippen LogP contribution in [-0.4, -0.2) is 17.1 Å². The van der Waals surface area contributed by atoms with Gasteiger partial charge in [0.25, 0.3) is 0 Å². The molecular formula is C16H17N3O. The van der Waals surface area contributed by atoms with Gasteiger partial charge in [-0.3, -0.25) is 0 Å². The number of hydrogen-bond acceptors (Lipinski definition) is 4. The zero-order valence-electron chi connectivity index (χ0n) is 11.9. The van der Waals surface area contributed by atoms with Crippen molar-refractivity contribution < 1.29 is 4.74 Å². The molecule has 4 heteroatoms. The highest BCUT2D eigenvalue weighted by Crippen LogP contribution is 2.24. The summed E-state index contributed by atoms with van der Waals surface area (Å²) in [7, 11) is 1.64. The number of nitrogens with zero attached hydrogens (tertiary/aromatic N) is 3. The lowest BCUT2D eigenvalue weighted by Gasteiger charge is -2.12. The van der Waals surface area contributed by atoms with Crippen LogP contribution in [0.3, 0.4) is 0 Å². The Morgan fingerprint density at radius 1 is 1.15 bits per heavy atom. The number of methoxy groups -OCH3 is 1. The Hall–Kier alpha value is -2.41. The van der Waals surface area contributed by atoms with Gasteiger partial charge in [0.1, 0.15) is 17.5 Å². The molecule has 0 saturated carbocycles. The van der Waals surface area contributed by atoms with E-state index in [0.717, 1.165) is 17.0 Å². The molecule has 102 valence electrons. The predicted molar refractivity (Wildman–Crippen MR) is 77.2 cm³/mol. The van der Waals surface area contributed by atoms with Crippen LogP contribution in [0, 0.1) is 17.2 Å². The predicted octanol–water partition coefficient (Wildman–Crippen LogP) is 3.42. The summed E-state index contributed by atoms with van der Waals surface area (Å²) in [5.74, 6) is 1.29. The van der Waals surface area contributed by atoms with Crippen LogP contribution in [0.25, 0.3) is 11.3 Å². The molecule has 0 amide bonds. The summed E-state index contributed by atoms with van der Waals surface area (Å²) in [4.78, 5) is 8.75. The molecule has 0 fully saturated rings. The molecule has 0 aliphatic rings. The first-order valence-electron chi connectivity index (χ1n) is 6.52. The van der Waals surface area contributed by atoms with E-state index in [1.54, 1.807) is 13.3 Å². The zero-order valence-corrected chi connectivity index (χ0v) is 11.9. The number of hydrogen-bond donors (Lipinski definition) is 0. The Kier molecular flexibility index (Phi) is 4.31. The topological polar surface area (TPSA) is 58.8 Å². The molecule has 2 rings (SSSR count). The van der Waals surface area contributed by atoms with Gasteiger partial charge in [-0.1, -0.05) is 13.8 Å². The highest BCUT2D eigenvalue weighted by Gasteiger charge is 2.18. The van der Waals surface area contributed by atoms with Crippen LogP contribution in [0.4, 0.5) is 0 Å². The molecule has 0 saturated heterocycles. The summed E-state index contributed by atoms with van der Waals surface area (Å²) in [5.41, 5.74) is 1.80. The maximum Gasteiger partial charge on any atom is 0.146 e. The average Bonchev–Trinajstić information content (AvgIpc) is 2.48. The third kappa shape index (κ3) is 2.94. The Morgan fingerprint density at radius 3 is 2.40 bits per heavy atom. The van der Waals surface area contributed by atoms with Gasteiger partial charge in [0, 0.05) is 11.8 Å². The van der Waals surface area contributed by atoms with Crippen LogP contribution < -0.4 is 4.74 Å². The molecule has 0 N–H and O–H groups in total. The number of nitriles is 1. The van der Waals surface area contributed by atoms with Crippen molar-refractivity contribution in [3.05, 3.63) is 42.4 Å². The minimum absolute atomic E-state index is 0.186. The van der Waals surface area contributed by atoms with Crippen molar-refractivity contribution in [3.63, 3.8) is 0 Å². The van der Waals surface area contributed by atoms with Gasteiger partial charge >= 0.3 is 0 Å². The molecule has 1 aromatic heterocycles. The zero-order chi connectivity index (χ0) is 14.5. The molecule has 20 heavy (non-hydrogen) atoms. The van der Waals surface area contributed by atoms with E-state index in [2.05, 4.69) is 16.0 Å². The lowest BCUT2D eigenvalue weighted by Crippen LogP contribution is -2.09. The van der Waals surface area contributed by atoms with Crippen LogP contribution in [0.15, 0.2) is 36.5 Å². The molecule has 1 atom stereocenters. The maximum atomic E-state index is 9.23. The first kappa shape index (κ1) is 14.0. The fourth-order valence-corrected chi connectivity index (χ4v) is 1.95. The average molecular weight is 267 g/mol. The summed E-state index contributed by atoms with van der Waals surface area (Å²) in [6.45, 7) is 3.99. The van der Waals surface area contributed by atoms with E-state index in [-0.39, 0.29) is 11.8 Å². The van der Waals surface area contributed by atoms with Crippen molar-refractivity contribution in [2.24, 2.45) is 5.92 Å². The van der Waals surface area contributed by atoms with Gasteiger partial charge in [-0.15, -0.1) is 0 Å². The monoisotopic (exact) mass is 267 g/mol. The minimum Gasteiger partial charge on any atom is -0.497 e. The summed E-state index contributed by atoms with van der Waals surface area (Å²) >= 11 is 0. The molecular weight excluding hydrogens is 250 g/mol. The molecule has 4 nitrogen and oxygen atoms in total. The molecule has 0 aliphatic heterocycles. The second-order valence-electron chi connectivity index (χ2n) is 4.88. The molecule has 0 radical (unpaired) electrons. The van der Waals surface area contributed by atoms with Gasteiger partial charge in [-0.2, -0.15) is 5.26 Å². The van der Waals surface area contributed by atoms with Gasteiger partial charge in [-0.05, 0) is 36.2 Å². The van der Waals surface area contributed by atoms with Gasteiger partial charge in [-0.25, -0.2) is 9.97 Å². The highest BCUT2D eigenvalue weighted by atomic mass is 16.5. The molecule has 1 unspecified atom stereocenters. The summed E-state index contributed by atoms with van der Waals surface area (Å²) < 4.78 is 5.14. The normalized spacial score (nSPS) is 11.9. The Morgan fingerprint density at radius 2 is 1.85 bits per heavy atom. The van der Waals surface area contributed by atoms with Crippen molar-refractivity contribution in [1.29, 1.82) is 5.26 Å². The highest BCUT2D eigenvalue weighted by molar-refractivity contribution is 5.59. The number of benzene rings is 1. The molecule has 0 aliphatic carbocycles. The van der Waals surface area contributed by atoms with Crippen molar-refractivity contribution in [2.75, 3.05) is 7.11 Å². The molecule has 1 heterocycles. The van der Waals surface area contributed by atoms with Crippen LogP contribution in [0.5, 0.6) is 5.75 Å². The van der Waals surface area contributed by atoms with E-state index in [1.165, 1.54) is 0 Å². The van der Waals surface area contributed by atoms with Gasteiger partial charge < -0.3 is 4.74 Å². The van der Waals surface area contributed by atoms with E-state index in [1.807, 2.05) is 44.2 Å².